The van der Waals surface area contributed by atoms with Crippen molar-refractivity contribution in [1.29, 1.82) is 0 Å². The van der Waals surface area contributed by atoms with Crippen LogP contribution < -0.4 is 9.13 Å². The number of hydrogen-bond donors (Lipinski definition) is 0. The third kappa shape index (κ3) is 7.92. The molecule has 0 fully saturated rings. The van der Waals surface area contributed by atoms with E-state index >= 15 is 0 Å². The van der Waals surface area contributed by atoms with Crippen LogP contribution in [0.25, 0.3) is 0 Å². The molecule has 2 rings (SSSR count). The van der Waals surface area contributed by atoms with E-state index in [0.717, 1.165) is 13.1 Å². The molecule has 0 saturated carbocycles. The number of rotatable bonds is 6. The summed E-state index contributed by atoms with van der Waals surface area (Å²) in [4.78, 5) is 0. The van der Waals surface area contributed by atoms with Crippen LogP contribution in [0.3, 0.4) is 0 Å². The first kappa shape index (κ1) is 18.3. The van der Waals surface area contributed by atoms with Gasteiger partial charge in [-0.3, -0.25) is 0 Å². The quantitative estimate of drug-likeness (QED) is 0.708. The van der Waals surface area contributed by atoms with Gasteiger partial charge in [-0.2, -0.15) is 0 Å². The average Bonchev–Trinajstić information content (AvgIpc) is 2.53. The Hall–Kier alpha value is -1.70. The minimum Gasteiger partial charge on any atom is -0.205 e. The van der Waals surface area contributed by atoms with E-state index in [-0.39, 0.29) is 0 Å². The van der Waals surface area contributed by atoms with Gasteiger partial charge in [-0.05, 0) is 25.5 Å². The minimum atomic E-state index is 1.15. The van der Waals surface area contributed by atoms with E-state index in [1.807, 2.05) is 0 Å². The standard InChI is InChI=1S/2C10H16N/c1-3-4-7-11-8-5-10(2)6-9-11;1-3-4-7-11-8-5-6-10(2)9-11/h2*5-6,8-9H,3-4,7H2,1-2H3/q2*+1. The summed E-state index contributed by atoms with van der Waals surface area (Å²) < 4.78 is 4.48. The molecule has 0 aromatic carbocycles. The highest BCUT2D eigenvalue weighted by molar-refractivity contribution is 5.03. The molecular formula is C20H32N2+2. The van der Waals surface area contributed by atoms with Gasteiger partial charge in [0.15, 0.2) is 24.8 Å². The Bertz CT molecular complexity index is 517. The lowest BCUT2D eigenvalue weighted by Crippen LogP contribution is -2.32. The van der Waals surface area contributed by atoms with Crippen molar-refractivity contribution in [1.82, 2.24) is 0 Å². The van der Waals surface area contributed by atoms with Crippen LogP contribution in [0.4, 0.5) is 0 Å². The number of aromatic nitrogens is 2. The van der Waals surface area contributed by atoms with Crippen LogP contribution >= 0.6 is 0 Å². The van der Waals surface area contributed by atoms with Crippen molar-refractivity contribution < 1.29 is 9.13 Å². The van der Waals surface area contributed by atoms with Gasteiger partial charge in [0.25, 0.3) is 0 Å². The van der Waals surface area contributed by atoms with Gasteiger partial charge < -0.3 is 0 Å². The molecule has 0 bridgehead atoms. The van der Waals surface area contributed by atoms with Crippen molar-refractivity contribution in [3.05, 3.63) is 60.2 Å². The van der Waals surface area contributed by atoms with Gasteiger partial charge in [0.1, 0.15) is 13.1 Å². The van der Waals surface area contributed by atoms with Crippen LogP contribution in [-0.2, 0) is 13.1 Å². The Balaban J connectivity index is 0.000000220. The lowest BCUT2D eigenvalue weighted by atomic mass is 10.3. The summed E-state index contributed by atoms with van der Waals surface area (Å²) in [6.45, 7) is 11.0. The number of hydrogen-bond acceptors (Lipinski definition) is 0. The first-order valence-corrected chi connectivity index (χ1v) is 8.57. The molecule has 0 aliphatic rings. The summed E-state index contributed by atoms with van der Waals surface area (Å²) in [6.07, 6.45) is 13.7. The summed E-state index contributed by atoms with van der Waals surface area (Å²) in [5.74, 6) is 0. The molecule has 2 aromatic heterocycles. The number of unbranched alkanes of at least 4 members (excludes halogenated alkanes) is 2. The number of pyridine rings is 2. The zero-order chi connectivity index (χ0) is 16.2. The maximum Gasteiger partial charge on any atom is 0.171 e. The van der Waals surface area contributed by atoms with Crippen LogP contribution in [0.5, 0.6) is 0 Å². The maximum atomic E-state index is 2.25. The molecule has 0 spiro atoms. The molecule has 2 aromatic rings. The van der Waals surface area contributed by atoms with Gasteiger partial charge in [-0.25, -0.2) is 9.13 Å². The number of aryl methyl sites for hydroxylation is 4. The van der Waals surface area contributed by atoms with E-state index in [4.69, 9.17) is 0 Å². The van der Waals surface area contributed by atoms with Crippen molar-refractivity contribution in [2.75, 3.05) is 0 Å². The van der Waals surface area contributed by atoms with E-state index in [1.165, 1.54) is 36.8 Å². The van der Waals surface area contributed by atoms with Gasteiger partial charge in [0.05, 0.1) is 0 Å². The van der Waals surface area contributed by atoms with Gasteiger partial charge in [-0.1, -0.05) is 26.7 Å². The molecule has 22 heavy (non-hydrogen) atoms. The molecule has 0 saturated heterocycles. The van der Waals surface area contributed by atoms with E-state index in [2.05, 4.69) is 85.9 Å². The Morgan fingerprint density at radius 1 is 0.727 bits per heavy atom. The second-order valence-electron chi connectivity index (χ2n) is 5.94. The molecule has 0 aliphatic carbocycles. The first-order chi connectivity index (χ1) is 10.7. The minimum absolute atomic E-state index is 1.15. The average molecular weight is 300 g/mol. The molecular weight excluding hydrogens is 268 g/mol. The van der Waals surface area contributed by atoms with E-state index in [1.54, 1.807) is 0 Å². The third-order valence-electron chi connectivity index (χ3n) is 3.60. The fraction of sp³-hybridized carbons (Fsp3) is 0.500. The van der Waals surface area contributed by atoms with Gasteiger partial charge in [0.2, 0.25) is 0 Å². The molecule has 0 aliphatic heterocycles. The van der Waals surface area contributed by atoms with Crippen molar-refractivity contribution in [3.8, 4) is 0 Å². The highest BCUT2D eigenvalue weighted by Gasteiger charge is 1.97. The normalized spacial score (nSPS) is 10.0. The molecule has 0 N–H and O–H groups in total. The monoisotopic (exact) mass is 300 g/mol. The van der Waals surface area contributed by atoms with E-state index in [0.29, 0.717) is 0 Å². The highest BCUT2D eigenvalue weighted by atomic mass is 14.9. The fourth-order valence-corrected chi connectivity index (χ4v) is 2.15. The Kier molecular flexibility index (Phi) is 9.13. The molecule has 0 radical (unpaired) electrons. The van der Waals surface area contributed by atoms with Gasteiger partial charge in [-0.15, -0.1) is 0 Å². The van der Waals surface area contributed by atoms with Gasteiger partial charge >= 0.3 is 0 Å². The van der Waals surface area contributed by atoms with Crippen LogP contribution in [0, 0.1) is 13.8 Å². The first-order valence-electron chi connectivity index (χ1n) is 8.57. The van der Waals surface area contributed by atoms with Gasteiger partial charge in [0, 0.05) is 36.6 Å². The molecule has 2 heterocycles. The fourth-order valence-electron chi connectivity index (χ4n) is 2.15. The van der Waals surface area contributed by atoms with Crippen LogP contribution in [-0.4, -0.2) is 0 Å². The van der Waals surface area contributed by atoms with Crippen molar-refractivity contribution in [2.24, 2.45) is 0 Å². The summed E-state index contributed by atoms with van der Waals surface area (Å²) in [7, 11) is 0. The summed E-state index contributed by atoms with van der Waals surface area (Å²) in [5.41, 5.74) is 2.67. The SMILES string of the molecule is CCCC[n+]1ccc(C)cc1.CCCC[n+]1cccc(C)c1. The smallest absolute Gasteiger partial charge is 0.171 e. The molecule has 0 amide bonds. The Morgan fingerprint density at radius 3 is 1.86 bits per heavy atom. The molecule has 2 heteroatoms. The Labute approximate surface area is 136 Å². The summed E-state index contributed by atoms with van der Waals surface area (Å²) in [6, 6.07) is 8.53. The van der Waals surface area contributed by atoms with Crippen LogP contribution in [0.1, 0.15) is 50.7 Å². The van der Waals surface area contributed by atoms with Crippen LogP contribution in [0.15, 0.2) is 49.1 Å². The second kappa shape index (κ2) is 10.9. The molecule has 2 nitrogen and oxygen atoms in total. The maximum absolute atomic E-state index is 2.25. The van der Waals surface area contributed by atoms with Crippen molar-refractivity contribution in [3.63, 3.8) is 0 Å². The zero-order valence-corrected chi connectivity index (χ0v) is 14.8. The van der Waals surface area contributed by atoms with Crippen molar-refractivity contribution in [2.45, 2.75) is 66.5 Å². The largest absolute Gasteiger partial charge is 0.205 e. The molecule has 0 atom stereocenters. The number of nitrogens with zero attached hydrogens (tertiary/aromatic N) is 2. The zero-order valence-electron chi connectivity index (χ0n) is 14.8. The topological polar surface area (TPSA) is 7.76 Å². The van der Waals surface area contributed by atoms with E-state index in [9.17, 15) is 0 Å². The Morgan fingerprint density at radius 2 is 1.32 bits per heavy atom. The third-order valence-corrected chi connectivity index (χ3v) is 3.60. The second-order valence-corrected chi connectivity index (χ2v) is 5.94. The molecule has 0 unspecified atom stereocenters. The van der Waals surface area contributed by atoms with E-state index < -0.39 is 0 Å². The summed E-state index contributed by atoms with van der Waals surface area (Å²) >= 11 is 0. The van der Waals surface area contributed by atoms with Crippen LogP contribution in [0.2, 0.25) is 0 Å². The lowest BCUT2D eigenvalue weighted by Gasteiger charge is -1.94. The highest BCUT2D eigenvalue weighted by Crippen LogP contribution is 1.92. The molecule has 120 valence electrons. The summed E-state index contributed by atoms with van der Waals surface area (Å²) in [5, 5.41) is 0. The predicted molar refractivity (Wildman–Crippen MR) is 92.6 cm³/mol. The van der Waals surface area contributed by atoms with Crippen molar-refractivity contribution >= 4 is 0 Å². The lowest BCUT2D eigenvalue weighted by molar-refractivity contribution is -0.697. The predicted octanol–water partition coefficient (Wildman–Crippen LogP) is 4.17.